The molecule has 10 heteroatoms. The van der Waals surface area contributed by atoms with E-state index in [9.17, 15) is 19.7 Å². The highest BCUT2D eigenvalue weighted by Crippen LogP contribution is 2.31. The molecule has 0 saturated heterocycles. The number of nitro benzene ring substituents is 1. The van der Waals surface area contributed by atoms with Crippen LogP contribution in [0.4, 0.5) is 5.69 Å². The highest BCUT2D eigenvalue weighted by atomic mass is 32.1. The van der Waals surface area contributed by atoms with Crippen LogP contribution in [0, 0.1) is 10.1 Å². The average Bonchev–Trinajstić information content (AvgIpc) is 3.16. The normalized spacial score (nSPS) is 15.4. The minimum atomic E-state index is -0.744. The van der Waals surface area contributed by atoms with Crippen LogP contribution in [-0.2, 0) is 9.53 Å². The number of aromatic nitrogens is 1. The fraction of sp³-hybridized carbons (Fsp3) is 0.240. The van der Waals surface area contributed by atoms with Crippen LogP contribution in [0.3, 0.4) is 0 Å². The molecule has 9 nitrogen and oxygen atoms in total. The third-order valence-corrected chi connectivity index (χ3v) is 6.46. The number of non-ortho nitro benzene ring substituents is 1. The number of hydrogen-bond donors (Lipinski definition) is 0. The summed E-state index contributed by atoms with van der Waals surface area (Å²) in [5.74, 6) is 0.115. The lowest BCUT2D eigenvalue weighted by molar-refractivity contribution is -0.384. The van der Waals surface area contributed by atoms with Gasteiger partial charge in [-0.15, -0.1) is 0 Å². The molecule has 0 fully saturated rings. The molecule has 0 amide bonds. The monoisotopic (exact) mass is 493 g/mol. The molecule has 3 aromatic rings. The minimum Gasteiger partial charge on any atom is -0.494 e. The lowest BCUT2D eigenvalue weighted by Gasteiger charge is -2.24. The Morgan fingerprint density at radius 2 is 2.00 bits per heavy atom. The van der Waals surface area contributed by atoms with Crippen LogP contribution in [0.1, 0.15) is 37.4 Å². The molecule has 0 saturated carbocycles. The van der Waals surface area contributed by atoms with Gasteiger partial charge in [-0.25, -0.2) is 9.79 Å². The molecule has 2 heterocycles. The van der Waals surface area contributed by atoms with Crippen LogP contribution in [0.5, 0.6) is 5.75 Å². The first kappa shape index (κ1) is 24.1. The fourth-order valence-corrected chi connectivity index (χ4v) is 4.90. The van der Waals surface area contributed by atoms with Crippen molar-refractivity contribution in [3.8, 4) is 5.75 Å². The van der Waals surface area contributed by atoms with Crippen LogP contribution < -0.4 is 19.6 Å². The smallest absolute Gasteiger partial charge is 0.338 e. The zero-order valence-corrected chi connectivity index (χ0v) is 20.2. The van der Waals surface area contributed by atoms with E-state index in [0.717, 1.165) is 17.8 Å². The molecule has 1 atom stereocenters. The maximum Gasteiger partial charge on any atom is 0.338 e. The van der Waals surface area contributed by atoms with Crippen LogP contribution in [0.25, 0.3) is 6.08 Å². The first-order valence-corrected chi connectivity index (χ1v) is 11.7. The van der Waals surface area contributed by atoms with Crippen molar-refractivity contribution in [3.05, 3.63) is 101 Å². The number of allylic oxidation sites excluding steroid dienone is 1. The summed E-state index contributed by atoms with van der Waals surface area (Å²) in [6, 6.07) is 12.5. The zero-order valence-electron chi connectivity index (χ0n) is 19.4. The van der Waals surface area contributed by atoms with Gasteiger partial charge in [-0.2, -0.15) is 0 Å². The van der Waals surface area contributed by atoms with Gasteiger partial charge in [0, 0.05) is 12.1 Å². The van der Waals surface area contributed by atoms with E-state index in [1.165, 1.54) is 23.8 Å². The van der Waals surface area contributed by atoms with E-state index in [-0.39, 0.29) is 16.8 Å². The highest BCUT2D eigenvalue weighted by molar-refractivity contribution is 7.07. The van der Waals surface area contributed by atoms with Gasteiger partial charge in [0.05, 0.1) is 40.5 Å². The summed E-state index contributed by atoms with van der Waals surface area (Å²) in [6.07, 6.45) is 2.46. The molecule has 2 aromatic carbocycles. The third kappa shape index (κ3) is 4.78. The number of carbonyl (C=O) groups excluding carboxylic acids is 1. The van der Waals surface area contributed by atoms with E-state index in [1.807, 2.05) is 19.1 Å². The van der Waals surface area contributed by atoms with E-state index in [2.05, 4.69) is 4.99 Å². The number of methoxy groups -OCH3 is 1. The van der Waals surface area contributed by atoms with Gasteiger partial charge >= 0.3 is 5.97 Å². The van der Waals surface area contributed by atoms with Gasteiger partial charge < -0.3 is 9.47 Å². The minimum absolute atomic E-state index is 0.0707. The van der Waals surface area contributed by atoms with Gasteiger partial charge in [0.15, 0.2) is 4.80 Å². The number of carbonyl (C=O) groups is 1. The van der Waals surface area contributed by atoms with Gasteiger partial charge in [-0.3, -0.25) is 19.5 Å². The number of hydrogen-bond acceptors (Lipinski definition) is 8. The van der Waals surface area contributed by atoms with Crippen molar-refractivity contribution < 1.29 is 19.2 Å². The summed E-state index contributed by atoms with van der Waals surface area (Å²) in [5, 5.41) is 11.1. The van der Waals surface area contributed by atoms with Gasteiger partial charge in [0.2, 0.25) is 0 Å². The third-order valence-electron chi connectivity index (χ3n) is 5.47. The number of rotatable bonds is 7. The molecule has 1 aromatic heterocycles. The molecule has 0 radical (unpaired) electrons. The number of nitrogens with zero attached hydrogens (tertiary/aromatic N) is 3. The predicted molar refractivity (Wildman–Crippen MR) is 131 cm³/mol. The Morgan fingerprint density at radius 1 is 1.26 bits per heavy atom. The Labute approximate surface area is 204 Å². The van der Waals surface area contributed by atoms with Crippen LogP contribution >= 0.6 is 11.3 Å². The van der Waals surface area contributed by atoms with Gasteiger partial charge in [-0.05, 0) is 42.7 Å². The average molecular weight is 494 g/mol. The molecule has 1 aliphatic heterocycles. The topological polar surface area (TPSA) is 113 Å². The standard InChI is InChI=1S/C25H23N3O6S/c1-4-12-34-19-10-8-17(9-11-19)22-21(24(30)33-3)15(2)26-25-27(22)23(29)20(35-25)14-16-6-5-7-18(13-16)28(31)32/h5-11,13-14,22H,4,12H2,1-3H3/b20-14-. The maximum absolute atomic E-state index is 13.5. The van der Waals surface area contributed by atoms with Crippen molar-refractivity contribution >= 4 is 29.1 Å². The van der Waals surface area contributed by atoms with E-state index in [0.29, 0.717) is 38.5 Å². The second kappa shape index (κ2) is 10.1. The van der Waals surface area contributed by atoms with Crippen LogP contribution in [-0.4, -0.2) is 29.2 Å². The van der Waals surface area contributed by atoms with Crippen molar-refractivity contribution in [3.63, 3.8) is 0 Å². The summed E-state index contributed by atoms with van der Waals surface area (Å²) < 4.78 is 12.5. The molecule has 0 bridgehead atoms. The number of benzene rings is 2. The van der Waals surface area contributed by atoms with Gasteiger partial charge in [0.1, 0.15) is 5.75 Å². The lowest BCUT2D eigenvalue weighted by Crippen LogP contribution is -2.39. The summed E-state index contributed by atoms with van der Waals surface area (Å²) in [6.45, 7) is 4.30. The van der Waals surface area contributed by atoms with Crippen molar-refractivity contribution in [2.45, 2.75) is 26.3 Å². The molecule has 0 N–H and O–H groups in total. The Kier molecular flexibility index (Phi) is 6.92. The molecule has 1 aliphatic rings. The SMILES string of the molecule is CCCOc1ccc(C2C(C(=O)OC)=C(C)N=c3s/c(=C\c4cccc([N+](=O)[O-])c4)c(=O)n32)cc1. The Bertz CT molecular complexity index is 1500. The van der Waals surface area contributed by atoms with Crippen LogP contribution in [0.15, 0.2) is 69.6 Å². The van der Waals surface area contributed by atoms with Gasteiger partial charge in [0.25, 0.3) is 11.2 Å². The van der Waals surface area contributed by atoms with E-state index in [4.69, 9.17) is 9.47 Å². The molecule has 180 valence electrons. The summed E-state index contributed by atoms with van der Waals surface area (Å²) >= 11 is 1.16. The molecule has 35 heavy (non-hydrogen) atoms. The Hall–Kier alpha value is -4.05. The van der Waals surface area contributed by atoms with Gasteiger partial charge in [-0.1, -0.05) is 42.5 Å². The molecule has 0 spiro atoms. The zero-order chi connectivity index (χ0) is 25.1. The summed E-state index contributed by atoms with van der Waals surface area (Å²) in [4.78, 5) is 41.9. The van der Waals surface area contributed by atoms with Crippen molar-refractivity contribution in [2.24, 2.45) is 4.99 Å². The second-order valence-electron chi connectivity index (χ2n) is 7.84. The molecule has 0 aliphatic carbocycles. The molecular weight excluding hydrogens is 470 g/mol. The fourth-order valence-electron chi connectivity index (χ4n) is 3.85. The van der Waals surface area contributed by atoms with E-state index < -0.39 is 16.9 Å². The highest BCUT2D eigenvalue weighted by Gasteiger charge is 2.33. The van der Waals surface area contributed by atoms with Crippen LogP contribution in [0.2, 0.25) is 0 Å². The molecular formula is C25H23N3O6S. The number of nitro groups is 1. The number of thiazole rings is 1. The first-order valence-electron chi connectivity index (χ1n) is 10.9. The first-order chi connectivity index (χ1) is 16.8. The summed E-state index contributed by atoms with van der Waals surface area (Å²) in [5.41, 5.74) is 1.51. The molecule has 4 rings (SSSR count). The lowest BCUT2D eigenvalue weighted by atomic mass is 9.96. The summed E-state index contributed by atoms with van der Waals surface area (Å²) in [7, 11) is 1.29. The van der Waals surface area contributed by atoms with Crippen molar-refractivity contribution in [1.29, 1.82) is 0 Å². The second-order valence-corrected chi connectivity index (χ2v) is 8.85. The Balaban J connectivity index is 1.88. The Morgan fingerprint density at radius 3 is 2.66 bits per heavy atom. The number of esters is 1. The predicted octanol–water partition coefficient (Wildman–Crippen LogP) is 3.11. The number of ether oxygens (including phenoxy) is 2. The van der Waals surface area contributed by atoms with Crippen molar-refractivity contribution in [2.75, 3.05) is 13.7 Å². The number of fused-ring (bicyclic) bond motifs is 1. The largest absolute Gasteiger partial charge is 0.494 e. The quantitative estimate of drug-likeness (QED) is 0.284. The molecule has 1 unspecified atom stereocenters. The van der Waals surface area contributed by atoms with E-state index in [1.54, 1.807) is 37.3 Å². The maximum atomic E-state index is 13.5. The van der Waals surface area contributed by atoms with E-state index >= 15 is 0 Å². The van der Waals surface area contributed by atoms with Crippen molar-refractivity contribution in [1.82, 2.24) is 4.57 Å².